The van der Waals surface area contributed by atoms with Crippen LogP contribution in [0.15, 0.2) is 28.0 Å². The Kier molecular flexibility index (Phi) is 3.78. The molecule has 0 aliphatic carbocycles. The molecule has 2 nitrogen and oxygen atoms in total. The first kappa shape index (κ1) is 9.77. The van der Waals surface area contributed by atoms with Crippen LogP contribution in [0.5, 0.6) is 0 Å². The van der Waals surface area contributed by atoms with Crippen molar-refractivity contribution < 1.29 is 0 Å². The van der Waals surface area contributed by atoms with E-state index in [4.69, 9.17) is 5.84 Å². The summed E-state index contributed by atoms with van der Waals surface area (Å²) in [4.78, 5) is 2.40. The van der Waals surface area contributed by atoms with Crippen LogP contribution in [0.3, 0.4) is 0 Å². The first-order valence-corrected chi connectivity index (χ1v) is 5.95. The van der Waals surface area contributed by atoms with Crippen LogP contribution in [0.4, 0.5) is 5.69 Å². The minimum Gasteiger partial charge on any atom is -0.323 e. The summed E-state index contributed by atoms with van der Waals surface area (Å²) >= 11 is 3.40. The third kappa shape index (κ3) is 2.09. The fraction of sp³-hybridized carbons (Fsp3) is 0.250. The SMILES string of the molecule is CSc1ccc(SC)c(NN)c1. The molecule has 3 N–H and O–H groups in total. The number of rotatable bonds is 3. The Labute approximate surface area is 81.3 Å². The molecule has 12 heavy (non-hydrogen) atoms. The molecule has 0 bridgehead atoms. The highest BCUT2D eigenvalue weighted by Crippen LogP contribution is 2.28. The molecule has 0 saturated heterocycles. The summed E-state index contributed by atoms with van der Waals surface area (Å²) in [5, 5.41) is 0. The van der Waals surface area contributed by atoms with E-state index >= 15 is 0 Å². The molecule has 0 saturated carbocycles. The van der Waals surface area contributed by atoms with Crippen LogP contribution in [-0.2, 0) is 0 Å². The molecule has 1 rings (SSSR count). The Hall–Kier alpha value is -0.320. The maximum absolute atomic E-state index is 5.38. The number of nitrogens with one attached hydrogen (secondary N) is 1. The van der Waals surface area contributed by atoms with E-state index in [0.717, 1.165) is 5.69 Å². The van der Waals surface area contributed by atoms with E-state index in [0.29, 0.717) is 0 Å². The molecule has 0 aromatic heterocycles. The summed E-state index contributed by atoms with van der Waals surface area (Å²) in [6.07, 6.45) is 4.09. The molecule has 0 fully saturated rings. The van der Waals surface area contributed by atoms with Crippen LogP contribution in [0, 0.1) is 0 Å². The average molecular weight is 200 g/mol. The number of anilines is 1. The summed E-state index contributed by atoms with van der Waals surface area (Å²) in [6.45, 7) is 0. The molecule has 0 aliphatic heterocycles. The fourth-order valence-corrected chi connectivity index (χ4v) is 1.91. The molecule has 0 atom stereocenters. The van der Waals surface area contributed by atoms with E-state index in [1.165, 1.54) is 9.79 Å². The maximum Gasteiger partial charge on any atom is 0.0632 e. The highest BCUT2D eigenvalue weighted by molar-refractivity contribution is 7.99. The second-order valence-electron chi connectivity index (χ2n) is 2.21. The molecule has 1 aromatic rings. The maximum atomic E-state index is 5.38. The standard InChI is InChI=1S/C8H12N2S2/c1-11-6-3-4-8(12-2)7(5-6)10-9/h3-5,10H,9H2,1-2H3. The second-order valence-corrected chi connectivity index (χ2v) is 3.94. The Bertz CT molecular complexity index is 263. The number of benzene rings is 1. The summed E-state index contributed by atoms with van der Waals surface area (Å²) in [6, 6.07) is 6.22. The normalized spacial score (nSPS) is 9.92. The Morgan fingerprint density at radius 2 is 2.00 bits per heavy atom. The van der Waals surface area contributed by atoms with Gasteiger partial charge >= 0.3 is 0 Å². The number of hydrogen-bond acceptors (Lipinski definition) is 4. The monoisotopic (exact) mass is 200 g/mol. The van der Waals surface area contributed by atoms with Crippen molar-refractivity contribution in [3.63, 3.8) is 0 Å². The Morgan fingerprint density at radius 1 is 1.25 bits per heavy atom. The number of nitrogen functional groups attached to an aromatic ring is 1. The summed E-state index contributed by atoms with van der Waals surface area (Å²) in [5.74, 6) is 5.38. The first-order valence-electron chi connectivity index (χ1n) is 3.50. The quantitative estimate of drug-likeness (QED) is 0.446. The van der Waals surface area contributed by atoms with Gasteiger partial charge in [-0.3, -0.25) is 5.84 Å². The van der Waals surface area contributed by atoms with Crippen LogP contribution < -0.4 is 11.3 Å². The first-order chi connectivity index (χ1) is 5.81. The largest absolute Gasteiger partial charge is 0.323 e. The van der Waals surface area contributed by atoms with E-state index in [9.17, 15) is 0 Å². The van der Waals surface area contributed by atoms with Gasteiger partial charge < -0.3 is 5.43 Å². The van der Waals surface area contributed by atoms with Crippen molar-refractivity contribution in [2.75, 3.05) is 17.9 Å². The number of thioether (sulfide) groups is 2. The van der Waals surface area contributed by atoms with E-state index in [1.54, 1.807) is 23.5 Å². The third-order valence-corrected chi connectivity index (χ3v) is 3.08. The molecule has 0 amide bonds. The lowest BCUT2D eigenvalue weighted by atomic mass is 10.3. The summed E-state index contributed by atoms with van der Waals surface area (Å²) < 4.78 is 0. The van der Waals surface area contributed by atoms with Crippen LogP contribution >= 0.6 is 23.5 Å². The van der Waals surface area contributed by atoms with Crippen molar-refractivity contribution >= 4 is 29.2 Å². The van der Waals surface area contributed by atoms with E-state index in [-0.39, 0.29) is 0 Å². The van der Waals surface area contributed by atoms with Gasteiger partial charge in [-0.25, -0.2) is 0 Å². The van der Waals surface area contributed by atoms with Crippen molar-refractivity contribution in [3.05, 3.63) is 18.2 Å². The van der Waals surface area contributed by atoms with E-state index < -0.39 is 0 Å². The van der Waals surface area contributed by atoms with Crippen molar-refractivity contribution in [1.29, 1.82) is 0 Å². The van der Waals surface area contributed by atoms with Gasteiger partial charge in [-0.05, 0) is 30.7 Å². The highest BCUT2D eigenvalue weighted by Gasteiger charge is 2.00. The smallest absolute Gasteiger partial charge is 0.0632 e. The zero-order valence-corrected chi connectivity index (χ0v) is 8.76. The lowest BCUT2D eigenvalue weighted by Gasteiger charge is -2.07. The van der Waals surface area contributed by atoms with Crippen molar-refractivity contribution in [1.82, 2.24) is 0 Å². The van der Waals surface area contributed by atoms with Crippen molar-refractivity contribution in [3.8, 4) is 0 Å². The van der Waals surface area contributed by atoms with Crippen molar-refractivity contribution in [2.45, 2.75) is 9.79 Å². The third-order valence-electron chi connectivity index (χ3n) is 1.56. The van der Waals surface area contributed by atoms with Gasteiger partial charge in [-0.1, -0.05) is 0 Å². The van der Waals surface area contributed by atoms with Gasteiger partial charge in [0.1, 0.15) is 0 Å². The Morgan fingerprint density at radius 3 is 2.50 bits per heavy atom. The molecular weight excluding hydrogens is 188 g/mol. The lowest BCUT2D eigenvalue weighted by Crippen LogP contribution is -2.07. The van der Waals surface area contributed by atoms with Crippen LogP contribution in [0.1, 0.15) is 0 Å². The van der Waals surface area contributed by atoms with Crippen LogP contribution in [0.25, 0.3) is 0 Å². The molecule has 0 unspecified atom stereocenters. The van der Waals surface area contributed by atoms with Crippen LogP contribution in [-0.4, -0.2) is 12.5 Å². The molecule has 66 valence electrons. The van der Waals surface area contributed by atoms with Gasteiger partial charge in [0, 0.05) is 9.79 Å². The van der Waals surface area contributed by atoms with Gasteiger partial charge in [0.2, 0.25) is 0 Å². The highest BCUT2D eigenvalue weighted by atomic mass is 32.2. The topological polar surface area (TPSA) is 38.0 Å². The average Bonchev–Trinajstić information content (AvgIpc) is 2.16. The zero-order valence-electron chi connectivity index (χ0n) is 7.13. The molecule has 4 heteroatoms. The Balaban J connectivity index is 3.02. The molecular formula is C8H12N2S2. The fourth-order valence-electron chi connectivity index (χ4n) is 0.927. The van der Waals surface area contributed by atoms with Crippen LogP contribution in [0.2, 0.25) is 0 Å². The predicted molar refractivity (Wildman–Crippen MR) is 57.8 cm³/mol. The van der Waals surface area contributed by atoms with Gasteiger partial charge in [0.15, 0.2) is 0 Å². The summed E-state index contributed by atoms with van der Waals surface area (Å²) in [7, 11) is 0. The molecule has 1 aromatic carbocycles. The van der Waals surface area contributed by atoms with Gasteiger partial charge in [0.25, 0.3) is 0 Å². The van der Waals surface area contributed by atoms with Gasteiger partial charge in [0.05, 0.1) is 5.69 Å². The molecule has 0 spiro atoms. The lowest BCUT2D eigenvalue weighted by molar-refractivity contribution is 1.26. The zero-order chi connectivity index (χ0) is 8.97. The second kappa shape index (κ2) is 4.64. The van der Waals surface area contributed by atoms with Gasteiger partial charge in [-0.15, -0.1) is 23.5 Å². The summed E-state index contributed by atoms with van der Waals surface area (Å²) in [5.41, 5.74) is 3.68. The number of nitrogens with two attached hydrogens (primary N) is 1. The minimum absolute atomic E-state index is 0.995. The predicted octanol–water partition coefficient (Wildman–Crippen LogP) is 2.42. The molecule has 0 aliphatic rings. The number of hydrogen-bond donors (Lipinski definition) is 2. The number of hydrazine groups is 1. The van der Waals surface area contributed by atoms with E-state index in [1.807, 2.05) is 12.5 Å². The molecule has 0 heterocycles. The minimum atomic E-state index is 0.995. The van der Waals surface area contributed by atoms with Gasteiger partial charge in [-0.2, -0.15) is 0 Å². The van der Waals surface area contributed by atoms with E-state index in [2.05, 4.69) is 23.6 Å². The van der Waals surface area contributed by atoms with Crippen molar-refractivity contribution in [2.24, 2.45) is 5.84 Å². The molecule has 0 radical (unpaired) electrons.